The second-order valence-corrected chi connectivity index (χ2v) is 11.6. The molecule has 10 nitrogen and oxygen atoms in total. The van der Waals surface area contributed by atoms with Crippen molar-refractivity contribution in [2.75, 3.05) is 36.9 Å². The Morgan fingerprint density at radius 2 is 1.95 bits per heavy atom. The average molecular weight is 537 g/mol. The SMILES string of the molecule is N#CCCN1CCC(Nc2c(NC(=O)CC3CCCO3)cnc3c2ccn3S(=O)(=O)c2ccccc2)CC1. The third-order valence-electron chi connectivity index (χ3n) is 7.17. The van der Waals surface area contributed by atoms with Gasteiger partial charge in [-0.15, -0.1) is 0 Å². The number of pyridine rings is 1. The molecule has 3 aromatic rings. The second kappa shape index (κ2) is 11.5. The smallest absolute Gasteiger partial charge is 0.269 e. The molecule has 2 saturated heterocycles. The first kappa shape index (κ1) is 26.2. The number of likely N-dealkylation sites (tertiary alicyclic amines) is 1. The molecule has 2 aliphatic rings. The standard InChI is InChI=1S/C27H32N6O4S/c28-12-5-13-32-14-9-20(10-15-32)30-26-23-11-16-33(38(35,36)22-7-2-1-3-8-22)27(23)29-19-24(26)31-25(34)18-21-6-4-17-37-21/h1-3,7-8,11,16,19-21H,4-6,9-10,13-15,17-18H2,(H,29,30)(H,31,34). The molecular weight excluding hydrogens is 504 g/mol. The molecule has 2 aromatic heterocycles. The Kier molecular flexibility index (Phi) is 7.93. The number of piperidine rings is 1. The number of aromatic nitrogens is 2. The second-order valence-electron chi connectivity index (χ2n) is 9.77. The summed E-state index contributed by atoms with van der Waals surface area (Å²) in [6, 6.07) is 12.3. The summed E-state index contributed by atoms with van der Waals surface area (Å²) >= 11 is 0. The van der Waals surface area contributed by atoms with E-state index < -0.39 is 10.0 Å². The molecule has 11 heteroatoms. The Balaban J connectivity index is 1.44. The zero-order chi connectivity index (χ0) is 26.5. The summed E-state index contributed by atoms with van der Waals surface area (Å²) in [6.45, 7) is 3.15. The number of amides is 1. The van der Waals surface area contributed by atoms with Crippen molar-refractivity contribution in [1.29, 1.82) is 5.26 Å². The van der Waals surface area contributed by atoms with Crippen molar-refractivity contribution < 1.29 is 17.9 Å². The van der Waals surface area contributed by atoms with Crippen LogP contribution in [-0.2, 0) is 19.6 Å². The van der Waals surface area contributed by atoms with Gasteiger partial charge in [0.1, 0.15) is 0 Å². The number of fused-ring (bicyclic) bond motifs is 1. The van der Waals surface area contributed by atoms with Crippen LogP contribution in [0.2, 0.25) is 0 Å². The molecule has 0 aliphatic carbocycles. The highest BCUT2D eigenvalue weighted by molar-refractivity contribution is 7.90. The van der Waals surface area contributed by atoms with Crippen LogP contribution < -0.4 is 10.6 Å². The summed E-state index contributed by atoms with van der Waals surface area (Å²) in [7, 11) is -3.85. The van der Waals surface area contributed by atoms with Gasteiger partial charge < -0.3 is 20.3 Å². The van der Waals surface area contributed by atoms with Crippen molar-refractivity contribution in [3.8, 4) is 6.07 Å². The fraction of sp³-hybridized carbons (Fsp3) is 0.444. The minimum absolute atomic E-state index is 0.0852. The summed E-state index contributed by atoms with van der Waals surface area (Å²) < 4.78 is 33.6. The maximum atomic E-state index is 13.4. The highest BCUT2D eigenvalue weighted by Crippen LogP contribution is 2.34. The summed E-state index contributed by atoms with van der Waals surface area (Å²) in [5.41, 5.74) is 1.47. The van der Waals surface area contributed by atoms with E-state index in [9.17, 15) is 13.2 Å². The van der Waals surface area contributed by atoms with E-state index in [4.69, 9.17) is 10.00 Å². The van der Waals surface area contributed by atoms with Crippen molar-refractivity contribution in [2.24, 2.45) is 0 Å². The zero-order valence-electron chi connectivity index (χ0n) is 21.2. The molecular formula is C27H32N6O4S. The molecule has 2 fully saturated rings. The van der Waals surface area contributed by atoms with E-state index in [0.29, 0.717) is 35.4 Å². The molecule has 1 amide bonds. The average Bonchev–Trinajstić information content (AvgIpc) is 3.60. The lowest BCUT2D eigenvalue weighted by Gasteiger charge is -2.33. The minimum atomic E-state index is -3.85. The van der Waals surface area contributed by atoms with Crippen molar-refractivity contribution in [2.45, 2.75) is 55.6 Å². The summed E-state index contributed by atoms with van der Waals surface area (Å²) in [5.74, 6) is -0.163. The van der Waals surface area contributed by atoms with Crippen LogP contribution in [0.15, 0.2) is 53.7 Å². The lowest BCUT2D eigenvalue weighted by atomic mass is 10.0. The van der Waals surface area contributed by atoms with Gasteiger partial charge in [0.2, 0.25) is 5.91 Å². The highest BCUT2D eigenvalue weighted by atomic mass is 32.2. The molecule has 200 valence electrons. The number of carbonyl (C=O) groups excluding carboxylic acids is 1. The van der Waals surface area contributed by atoms with E-state index in [1.165, 1.54) is 16.4 Å². The summed E-state index contributed by atoms with van der Waals surface area (Å²) in [6.07, 6.45) is 7.26. The van der Waals surface area contributed by atoms with Crippen LogP contribution in [0.5, 0.6) is 0 Å². The van der Waals surface area contributed by atoms with Crippen LogP contribution in [0.4, 0.5) is 11.4 Å². The summed E-state index contributed by atoms with van der Waals surface area (Å²) in [5, 5.41) is 16.1. The van der Waals surface area contributed by atoms with E-state index in [-0.39, 0.29) is 29.4 Å². The molecule has 0 saturated carbocycles. The molecule has 1 aromatic carbocycles. The number of nitrogens with zero attached hydrogens (tertiary/aromatic N) is 4. The first-order valence-corrected chi connectivity index (χ1v) is 14.5. The van der Waals surface area contributed by atoms with Gasteiger partial charge in [0.05, 0.1) is 41.1 Å². The van der Waals surface area contributed by atoms with Gasteiger partial charge in [0, 0.05) is 50.3 Å². The van der Waals surface area contributed by atoms with Crippen LogP contribution in [-0.4, -0.2) is 66.6 Å². The molecule has 2 aliphatic heterocycles. The maximum Gasteiger partial charge on any atom is 0.269 e. The van der Waals surface area contributed by atoms with Crippen molar-refractivity contribution in [1.82, 2.24) is 13.9 Å². The molecule has 0 spiro atoms. The molecule has 0 bridgehead atoms. The zero-order valence-corrected chi connectivity index (χ0v) is 22.0. The maximum absolute atomic E-state index is 13.4. The Hall–Kier alpha value is -3.46. The van der Waals surface area contributed by atoms with Crippen molar-refractivity contribution in [3.63, 3.8) is 0 Å². The number of hydrogen-bond acceptors (Lipinski definition) is 8. The van der Waals surface area contributed by atoms with E-state index in [2.05, 4.69) is 26.6 Å². The number of hydrogen-bond donors (Lipinski definition) is 2. The van der Waals surface area contributed by atoms with Gasteiger partial charge >= 0.3 is 0 Å². The fourth-order valence-corrected chi connectivity index (χ4v) is 6.46. The van der Waals surface area contributed by atoms with Gasteiger partial charge in [-0.3, -0.25) is 4.79 Å². The minimum Gasteiger partial charge on any atom is -0.380 e. The molecule has 1 atom stereocenters. The van der Waals surface area contributed by atoms with Crippen LogP contribution in [0.25, 0.3) is 11.0 Å². The van der Waals surface area contributed by atoms with Gasteiger partial charge in [0.15, 0.2) is 5.65 Å². The molecule has 5 rings (SSSR count). The largest absolute Gasteiger partial charge is 0.380 e. The first-order valence-electron chi connectivity index (χ1n) is 13.0. The van der Waals surface area contributed by atoms with Crippen LogP contribution in [0.1, 0.15) is 38.5 Å². The molecule has 2 N–H and O–H groups in total. The molecule has 0 radical (unpaired) electrons. The Bertz CT molecular complexity index is 1420. The number of ether oxygens (including phenoxy) is 1. The quantitative estimate of drug-likeness (QED) is 0.425. The Labute approximate surface area is 222 Å². The van der Waals surface area contributed by atoms with Crippen LogP contribution in [0, 0.1) is 11.3 Å². The number of rotatable bonds is 9. The van der Waals surface area contributed by atoms with Gasteiger partial charge in [-0.2, -0.15) is 5.26 Å². The number of anilines is 2. The van der Waals surface area contributed by atoms with E-state index in [0.717, 1.165) is 45.3 Å². The number of nitrogens with one attached hydrogen (secondary N) is 2. The predicted molar refractivity (Wildman–Crippen MR) is 144 cm³/mol. The Morgan fingerprint density at radius 1 is 1.16 bits per heavy atom. The first-order chi connectivity index (χ1) is 18.5. The predicted octanol–water partition coefficient (Wildman–Crippen LogP) is 3.57. The topological polar surface area (TPSA) is 129 Å². The molecule has 38 heavy (non-hydrogen) atoms. The van der Waals surface area contributed by atoms with E-state index >= 15 is 0 Å². The van der Waals surface area contributed by atoms with Crippen molar-refractivity contribution >= 4 is 38.3 Å². The Morgan fingerprint density at radius 3 is 2.66 bits per heavy atom. The number of benzene rings is 1. The van der Waals surface area contributed by atoms with Gasteiger partial charge in [-0.05, 0) is 43.9 Å². The lowest BCUT2D eigenvalue weighted by molar-refractivity contribution is -0.118. The fourth-order valence-electron chi connectivity index (χ4n) is 5.14. The third-order valence-corrected chi connectivity index (χ3v) is 8.85. The third kappa shape index (κ3) is 5.67. The van der Waals surface area contributed by atoms with Crippen LogP contribution >= 0.6 is 0 Å². The van der Waals surface area contributed by atoms with E-state index in [1.807, 2.05) is 0 Å². The van der Waals surface area contributed by atoms with E-state index in [1.54, 1.807) is 36.4 Å². The molecule has 4 heterocycles. The number of carbonyl (C=O) groups is 1. The molecule has 1 unspecified atom stereocenters. The highest BCUT2D eigenvalue weighted by Gasteiger charge is 2.26. The normalized spacial score (nSPS) is 18.9. The van der Waals surface area contributed by atoms with Crippen LogP contribution in [0.3, 0.4) is 0 Å². The lowest BCUT2D eigenvalue weighted by Crippen LogP contribution is -2.39. The monoisotopic (exact) mass is 536 g/mol. The van der Waals surface area contributed by atoms with Gasteiger partial charge in [0.25, 0.3) is 10.0 Å². The number of nitriles is 1. The van der Waals surface area contributed by atoms with Crippen molar-refractivity contribution in [3.05, 3.63) is 48.8 Å². The summed E-state index contributed by atoms with van der Waals surface area (Å²) in [4.78, 5) is 19.8. The van der Waals surface area contributed by atoms with Gasteiger partial charge in [-0.1, -0.05) is 18.2 Å². The van der Waals surface area contributed by atoms with Gasteiger partial charge in [-0.25, -0.2) is 17.4 Å².